The first kappa shape index (κ1) is 18.6. The van der Waals surface area contributed by atoms with E-state index in [4.69, 9.17) is 0 Å². The highest BCUT2D eigenvalue weighted by atomic mass is 16.2. The van der Waals surface area contributed by atoms with E-state index < -0.39 is 11.9 Å². The van der Waals surface area contributed by atoms with Gasteiger partial charge < -0.3 is 4.90 Å². The molecular formula is C23H22N4O3. The number of fused-ring (bicyclic) bond motifs is 1. The molecule has 3 aliphatic rings. The molecule has 7 heteroatoms. The summed E-state index contributed by atoms with van der Waals surface area (Å²) >= 11 is 0. The summed E-state index contributed by atoms with van der Waals surface area (Å²) < 4.78 is 0. The number of piperidine rings is 1. The van der Waals surface area contributed by atoms with Gasteiger partial charge in [-0.05, 0) is 48.2 Å². The Labute approximate surface area is 174 Å². The molecule has 0 saturated carbocycles. The second kappa shape index (κ2) is 7.11. The normalized spacial score (nSPS) is 23.5. The summed E-state index contributed by atoms with van der Waals surface area (Å²) in [6.07, 6.45) is 2.68. The fraction of sp³-hybridized carbons (Fsp3) is 0.261. The number of amides is 3. The molecule has 0 spiro atoms. The van der Waals surface area contributed by atoms with Gasteiger partial charge in [0.1, 0.15) is 6.04 Å². The molecule has 1 fully saturated rings. The summed E-state index contributed by atoms with van der Waals surface area (Å²) in [5.74, 6) is -0.828. The lowest BCUT2D eigenvalue weighted by atomic mass is 10.0. The molecule has 3 heterocycles. The van der Waals surface area contributed by atoms with Crippen molar-refractivity contribution in [2.45, 2.75) is 38.4 Å². The molecule has 30 heavy (non-hydrogen) atoms. The lowest BCUT2D eigenvalue weighted by Crippen LogP contribution is -2.52. The Morgan fingerprint density at radius 2 is 1.83 bits per heavy atom. The van der Waals surface area contributed by atoms with Gasteiger partial charge in [-0.2, -0.15) is 0 Å². The van der Waals surface area contributed by atoms with Gasteiger partial charge in [-0.3, -0.25) is 24.7 Å². The van der Waals surface area contributed by atoms with Crippen LogP contribution in [0.5, 0.6) is 0 Å². The van der Waals surface area contributed by atoms with Crippen LogP contribution in [0.25, 0.3) is 0 Å². The number of rotatable bonds is 3. The summed E-state index contributed by atoms with van der Waals surface area (Å²) in [5, 5.41) is 4.32. The SMILES string of the molecule is CC1=CN(c2ccc3c(c2)CN(C2CCC(=O)NC2=O)C3=O)NC1c1ccccc1. The third-order valence-electron chi connectivity index (χ3n) is 5.97. The molecular weight excluding hydrogens is 380 g/mol. The highest BCUT2D eigenvalue weighted by Gasteiger charge is 2.39. The van der Waals surface area contributed by atoms with E-state index in [1.807, 2.05) is 41.4 Å². The Kier molecular flexibility index (Phi) is 4.40. The number of hydrazine groups is 1. The van der Waals surface area contributed by atoms with Crippen molar-refractivity contribution < 1.29 is 14.4 Å². The summed E-state index contributed by atoms with van der Waals surface area (Å²) in [6.45, 7) is 2.46. The minimum Gasteiger partial charge on any atom is -0.322 e. The van der Waals surface area contributed by atoms with Gasteiger partial charge in [0.2, 0.25) is 11.8 Å². The molecule has 152 valence electrons. The number of benzene rings is 2. The highest BCUT2D eigenvalue weighted by Crippen LogP contribution is 2.34. The van der Waals surface area contributed by atoms with Crippen LogP contribution in [0, 0.1) is 0 Å². The van der Waals surface area contributed by atoms with Gasteiger partial charge in [-0.1, -0.05) is 30.3 Å². The van der Waals surface area contributed by atoms with Gasteiger partial charge in [0.05, 0.1) is 11.7 Å². The summed E-state index contributed by atoms with van der Waals surface area (Å²) in [6, 6.07) is 15.5. The Hall–Kier alpha value is -3.45. The Balaban J connectivity index is 1.36. The van der Waals surface area contributed by atoms with Crippen molar-refractivity contribution in [3.05, 3.63) is 77.0 Å². The second-order valence-corrected chi connectivity index (χ2v) is 7.96. The summed E-state index contributed by atoms with van der Waals surface area (Å²) in [5.41, 5.74) is 8.32. The first-order chi connectivity index (χ1) is 14.5. The summed E-state index contributed by atoms with van der Waals surface area (Å²) in [4.78, 5) is 38.1. The molecule has 5 rings (SSSR count). The second-order valence-electron chi connectivity index (χ2n) is 7.96. The van der Waals surface area contributed by atoms with Crippen LogP contribution in [0.2, 0.25) is 0 Å². The zero-order valence-corrected chi connectivity index (χ0v) is 16.6. The molecule has 1 saturated heterocycles. The van der Waals surface area contributed by atoms with Gasteiger partial charge >= 0.3 is 0 Å². The van der Waals surface area contributed by atoms with E-state index in [0.29, 0.717) is 18.5 Å². The van der Waals surface area contributed by atoms with Crippen molar-refractivity contribution in [3.8, 4) is 0 Å². The minimum absolute atomic E-state index is 0.0982. The van der Waals surface area contributed by atoms with Crippen LogP contribution in [0.15, 0.2) is 60.3 Å². The van der Waals surface area contributed by atoms with E-state index >= 15 is 0 Å². The molecule has 7 nitrogen and oxygen atoms in total. The maximum Gasteiger partial charge on any atom is 0.255 e. The average Bonchev–Trinajstić information content (AvgIpc) is 3.29. The number of carbonyl (C=O) groups excluding carboxylic acids is 3. The Bertz CT molecular complexity index is 1080. The molecule has 0 aromatic heterocycles. The number of imide groups is 1. The van der Waals surface area contributed by atoms with Crippen molar-refractivity contribution in [3.63, 3.8) is 0 Å². The fourth-order valence-electron chi connectivity index (χ4n) is 4.40. The van der Waals surface area contributed by atoms with Crippen LogP contribution in [0.1, 0.15) is 47.3 Å². The lowest BCUT2D eigenvalue weighted by Gasteiger charge is -2.29. The van der Waals surface area contributed by atoms with Gasteiger partial charge in [-0.15, -0.1) is 0 Å². The van der Waals surface area contributed by atoms with Gasteiger partial charge in [0, 0.05) is 24.7 Å². The molecule has 2 aromatic carbocycles. The van der Waals surface area contributed by atoms with Crippen molar-refractivity contribution in [1.29, 1.82) is 0 Å². The molecule has 2 aromatic rings. The predicted molar refractivity (Wildman–Crippen MR) is 111 cm³/mol. The predicted octanol–water partition coefficient (Wildman–Crippen LogP) is 2.42. The molecule has 3 aliphatic heterocycles. The largest absolute Gasteiger partial charge is 0.322 e. The zero-order valence-electron chi connectivity index (χ0n) is 16.6. The van der Waals surface area contributed by atoms with Crippen LogP contribution in [-0.4, -0.2) is 28.7 Å². The molecule has 2 atom stereocenters. The van der Waals surface area contributed by atoms with Crippen LogP contribution >= 0.6 is 0 Å². The van der Waals surface area contributed by atoms with Crippen molar-refractivity contribution >= 4 is 23.4 Å². The molecule has 3 amide bonds. The number of nitrogens with zero attached hydrogens (tertiary/aromatic N) is 2. The first-order valence-corrected chi connectivity index (χ1v) is 10.1. The molecule has 0 aliphatic carbocycles. The average molecular weight is 402 g/mol. The van der Waals surface area contributed by atoms with E-state index in [1.54, 1.807) is 4.90 Å². The van der Waals surface area contributed by atoms with Crippen molar-refractivity contribution in [2.75, 3.05) is 5.01 Å². The third kappa shape index (κ3) is 3.07. The molecule has 2 unspecified atom stereocenters. The molecule has 0 bridgehead atoms. The Morgan fingerprint density at radius 1 is 1.03 bits per heavy atom. The quantitative estimate of drug-likeness (QED) is 0.771. The maximum atomic E-state index is 12.9. The Morgan fingerprint density at radius 3 is 2.60 bits per heavy atom. The van der Waals surface area contributed by atoms with Crippen LogP contribution in [0.3, 0.4) is 0 Å². The molecule has 0 radical (unpaired) electrons. The topological polar surface area (TPSA) is 81.8 Å². The van der Waals surface area contributed by atoms with E-state index in [1.165, 1.54) is 11.1 Å². The fourth-order valence-corrected chi connectivity index (χ4v) is 4.40. The lowest BCUT2D eigenvalue weighted by molar-refractivity contribution is -0.136. The summed E-state index contributed by atoms with van der Waals surface area (Å²) in [7, 11) is 0. The minimum atomic E-state index is -0.597. The number of anilines is 1. The van der Waals surface area contributed by atoms with Gasteiger partial charge in [0.25, 0.3) is 5.91 Å². The van der Waals surface area contributed by atoms with Crippen molar-refractivity contribution in [1.82, 2.24) is 15.6 Å². The van der Waals surface area contributed by atoms with Crippen LogP contribution < -0.4 is 15.8 Å². The van der Waals surface area contributed by atoms with Gasteiger partial charge in [-0.25, -0.2) is 5.43 Å². The number of hydrogen-bond donors (Lipinski definition) is 2. The molecule has 2 N–H and O–H groups in total. The van der Waals surface area contributed by atoms with E-state index in [9.17, 15) is 14.4 Å². The first-order valence-electron chi connectivity index (χ1n) is 10.1. The van der Waals surface area contributed by atoms with E-state index in [2.05, 4.69) is 36.0 Å². The van der Waals surface area contributed by atoms with Gasteiger partial charge in [0.15, 0.2) is 0 Å². The maximum absolute atomic E-state index is 12.9. The number of nitrogens with one attached hydrogen (secondary N) is 2. The van der Waals surface area contributed by atoms with E-state index in [-0.39, 0.29) is 24.3 Å². The highest BCUT2D eigenvalue weighted by molar-refractivity contribution is 6.05. The standard InChI is InChI=1S/C23H22N4O3/c1-14-12-27(25-21(14)15-5-3-2-4-6-15)17-7-8-18-16(11-17)13-26(23(18)30)19-9-10-20(28)24-22(19)29/h2-8,11-12,19,21,25H,9-10,13H2,1H3,(H,24,28,29). The van der Waals surface area contributed by atoms with Crippen molar-refractivity contribution in [2.24, 2.45) is 0 Å². The van der Waals surface area contributed by atoms with Crippen LogP contribution in [-0.2, 0) is 16.1 Å². The monoisotopic (exact) mass is 402 g/mol. The smallest absolute Gasteiger partial charge is 0.255 e. The third-order valence-corrected chi connectivity index (χ3v) is 5.97. The van der Waals surface area contributed by atoms with E-state index in [0.717, 1.165) is 11.3 Å². The zero-order chi connectivity index (χ0) is 20.8. The van der Waals surface area contributed by atoms with Crippen LogP contribution in [0.4, 0.5) is 5.69 Å². The number of hydrogen-bond acceptors (Lipinski definition) is 5. The number of carbonyl (C=O) groups is 3.